The Bertz CT molecular complexity index is 3340. The number of anilines is 2. The van der Waals surface area contributed by atoms with Crippen molar-refractivity contribution >= 4 is 103 Å². The van der Waals surface area contributed by atoms with Gasteiger partial charge in [0.25, 0.3) is 20.2 Å². The van der Waals surface area contributed by atoms with Gasteiger partial charge in [0.15, 0.2) is 0 Å². The molecule has 0 heterocycles. The molecule has 0 unspecified atom stereocenters. The molecule has 0 fully saturated rings. The van der Waals surface area contributed by atoms with Crippen molar-refractivity contribution in [3.05, 3.63) is 109 Å². The molecule has 0 radical (unpaired) electrons. The lowest BCUT2D eigenvalue weighted by atomic mass is 10.1. The van der Waals surface area contributed by atoms with E-state index < -0.39 is 73.9 Å². The van der Waals surface area contributed by atoms with E-state index in [-0.39, 0.29) is 44.3 Å². The predicted molar refractivity (Wildman–Crippen MR) is 212 cm³/mol. The Morgan fingerprint density at radius 3 is 1.58 bits per heavy atom. The maximum absolute atomic E-state index is 13.5. The quantitative estimate of drug-likeness (QED) is 0.0783. The first kappa shape index (κ1) is 41.1. The fourth-order valence-corrected chi connectivity index (χ4v) is 7.84. The van der Waals surface area contributed by atoms with Crippen LogP contribution in [0.15, 0.2) is 144 Å². The third-order valence-corrected chi connectivity index (χ3v) is 11.4. The van der Waals surface area contributed by atoms with E-state index in [1.54, 1.807) is 12.1 Å². The molecular formula is C38H25N6O13S3-3. The van der Waals surface area contributed by atoms with E-state index >= 15 is 0 Å². The summed E-state index contributed by atoms with van der Waals surface area (Å²) in [6, 6.07) is 22.9. The van der Waals surface area contributed by atoms with Crippen molar-refractivity contribution in [1.82, 2.24) is 0 Å². The normalized spacial score (nSPS) is 12.5. The van der Waals surface area contributed by atoms with Gasteiger partial charge in [0.1, 0.15) is 25.7 Å². The number of benzene rings is 7. The molecule has 0 aliphatic rings. The van der Waals surface area contributed by atoms with E-state index in [4.69, 9.17) is 4.74 Å². The van der Waals surface area contributed by atoms with Gasteiger partial charge in [-0.25, -0.2) is 13.2 Å². The molecule has 0 bridgehead atoms. The van der Waals surface area contributed by atoms with Gasteiger partial charge in [-0.1, -0.05) is 41.8 Å². The van der Waals surface area contributed by atoms with Crippen LogP contribution in [0.25, 0.3) is 32.3 Å². The highest BCUT2D eigenvalue weighted by atomic mass is 32.2. The zero-order valence-corrected chi connectivity index (χ0v) is 32.7. The van der Waals surface area contributed by atoms with Crippen molar-refractivity contribution in [3.8, 4) is 17.2 Å². The standard InChI is InChI=1S/C38H28N6O13S3/c1-57-28-4-2-3-26(19-28)41-43-34-32(59(51,52)53)17-22-14-24(8-11-30(22)36(34)45)39-38(47)40-25-9-12-31-23(15-25)18-33(60(54,55)56)35(37(31)46)44-42-27-7-5-21-16-29(58(48,49)50)10-6-20(21)13-27/h2-19,45-46H,1H3,(H2,39,40,47)(H,48,49,50)(H,51,52,53)(H,54,55,56)/p-3. The first-order valence-electron chi connectivity index (χ1n) is 16.8. The van der Waals surface area contributed by atoms with Crippen LogP contribution in [0.5, 0.6) is 17.2 Å². The molecule has 0 saturated heterocycles. The average Bonchev–Trinajstić information content (AvgIpc) is 3.18. The highest BCUT2D eigenvalue weighted by Gasteiger charge is 2.21. The van der Waals surface area contributed by atoms with Crippen LogP contribution in [0.1, 0.15) is 0 Å². The maximum Gasteiger partial charge on any atom is 0.323 e. The fourth-order valence-electron chi connectivity index (χ4n) is 6.02. The van der Waals surface area contributed by atoms with Gasteiger partial charge in [-0.15, -0.1) is 10.2 Å². The number of methoxy groups -OCH3 is 1. The molecule has 4 N–H and O–H groups in total. The molecule has 0 aliphatic carbocycles. The predicted octanol–water partition coefficient (Wildman–Crippen LogP) is 7.17. The van der Waals surface area contributed by atoms with Gasteiger partial charge in [0, 0.05) is 17.4 Å². The number of hydrogen-bond donors (Lipinski definition) is 4. The number of rotatable bonds is 10. The number of nitrogens with one attached hydrogen (secondary N) is 2. The summed E-state index contributed by atoms with van der Waals surface area (Å²) in [6.45, 7) is 0. The van der Waals surface area contributed by atoms with Crippen LogP contribution in [-0.4, -0.2) is 52.1 Å². The molecule has 0 saturated carbocycles. The number of azo groups is 2. The number of hydrogen-bond acceptors (Lipinski definition) is 15. The number of urea groups is 1. The van der Waals surface area contributed by atoms with Gasteiger partial charge >= 0.3 is 6.03 Å². The summed E-state index contributed by atoms with van der Waals surface area (Å²) in [4.78, 5) is 10.9. The highest BCUT2D eigenvalue weighted by Crippen LogP contribution is 2.42. The zero-order chi connectivity index (χ0) is 43.1. The molecule has 306 valence electrons. The third kappa shape index (κ3) is 8.68. The van der Waals surface area contributed by atoms with E-state index in [0.717, 1.165) is 24.3 Å². The van der Waals surface area contributed by atoms with Gasteiger partial charge in [-0.05, 0) is 105 Å². The van der Waals surface area contributed by atoms with E-state index in [1.807, 2.05) is 0 Å². The number of nitrogens with zero attached hydrogens (tertiary/aromatic N) is 4. The Kier molecular flexibility index (Phi) is 10.7. The van der Waals surface area contributed by atoms with E-state index in [9.17, 15) is 53.9 Å². The maximum atomic E-state index is 13.5. The zero-order valence-electron chi connectivity index (χ0n) is 30.3. The summed E-state index contributed by atoms with van der Waals surface area (Å²) < 4.78 is 109. The molecule has 0 aliphatic heterocycles. The van der Waals surface area contributed by atoms with Crippen molar-refractivity contribution in [3.63, 3.8) is 0 Å². The number of amides is 2. The Morgan fingerprint density at radius 2 is 1.08 bits per heavy atom. The van der Waals surface area contributed by atoms with Gasteiger partial charge in [0.2, 0.25) is 0 Å². The molecule has 22 heteroatoms. The van der Waals surface area contributed by atoms with Gasteiger partial charge in [-0.2, -0.15) is 27.1 Å². The Hall–Kier alpha value is -7.08. The van der Waals surface area contributed by atoms with E-state index in [0.29, 0.717) is 16.5 Å². The molecule has 0 aromatic heterocycles. The average molecular weight is 870 g/mol. The molecule has 0 atom stereocenters. The molecular weight excluding hydrogens is 845 g/mol. The minimum Gasteiger partial charge on any atom is -0.871 e. The molecule has 2 amide bonds. The van der Waals surface area contributed by atoms with Gasteiger partial charge in [0.05, 0.1) is 34.8 Å². The lowest BCUT2D eigenvalue weighted by Crippen LogP contribution is -2.19. The summed E-state index contributed by atoms with van der Waals surface area (Å²) in [5, 5.41) is 48.1. The topological polar surface area (TPSA) is 312 Å². The molecule has 19 nitrogen and oxygen atoms in total. The van der Waals surface area contributed by atoms with Crippen LogP contribution in [0.2, 0.25) is 0 Å². The number of fused-ring (bicyclic) bond motifs is 3. The minimum absolute atomic E-state index is 0.0118. The van der Waals surface area contributed by atoms with Crippen molar-refractivity contribution in [2.24, 2.45) is 20.5 Å². The largest absolute Gasteiger partial charge is 0.871 e. The second-order valence-electron chi connectivity index (χ2n) is 12.8. The van der Waals surface area contributed by atoms with Crippen molar-refractivity contribution < 1.29 is 58.7 Å². The van der Waals surface area contributed by atoms with Crippen molar-refractivity contribution in [2.75, 3.05) is 17.7 Å². The lowest BCUT2D eigenvalue weighted by molar-refractivity contribution is -0.265. The molecule has 7 rings (SSSR count). The van der Waals surface area contributed by atoms with Crippen LogP contribution in [-0.2, 0) is 30.4 Å². The Balaban J connectivity index is 1.14. The minimum atomic E-state index is -5.07. The SMILES string of the molecule is COc1cccc(N=Nc2c(S(=O)(=O)O)cc3cc(NC(=O)Nc4ccc5c([O-])c(N=Nc6ccc7cc(S(=O)(=O)[O-])ccc7c6)c(S(=O)(=O)O)cc5c4)ccc3c2[O-])c1. The van der Waals surface area contributed by atoms with Crippen LogP contribution >= 0.6 is 0 Å². The van der Waals surface area contributed by atoms with Gasteiger partial charge in [-0.3, -0.25) is 9.11 Å². The second-order valence-corrected chi connectivity index (χ2v) is 16.9. The second kappa shape index (κ2) is 15.6. The lowest BCUT2D eigenvalue weighted by Gasteiger charge is -2.18. The molecule has 60 heavy (non-hydrogen) atoms. The summed E-state index contributed by atoms with van der Waals surface area (Å²) in [7, 11) is -13.3. The highest BCUT2D eigenvalue weighted by molar-refractivity contribution is 7.86. The summed E-state index contributed by atoms with van der Waals surface area (Å²) >= 11 is 0. The third-order valence-electron chi connectivity index (χ3n) is 8.80. The smallest absolute Gasteiger partial charge is 0.323 e. The van der Waals surface area contributed by atoms with Crippen LogP contribution in [0, 0.1) is 0 Å². The Labute approximate surface area is 339 Å². The fraction of sp³-hybridized carbons (Fsp3) is 0.0263. The first-order valence-corrected chi connectivity index (χ1v) is 21.1. The van der Waals surface area contributed by atoms with Crippen molar-refractivity contribution in [1.29, 1.82) is 0 Å². The van der Waals surface area contributed by atoms with E-state index in [2.05, 4.69) is 31.1 Å². The van der Waals surface area contributed by atoms with Crippen LogP contribution in [0.4, 0.5) is 38.9 Å². The summed E-state index contributed by atoms with van der Waals surface area (Å²) in [5.41, 5.74) is -0.903. The van der Waals surface area contributed by atoms with E-state index in [1.165, 1.54) is 79.9 Å². The molecule has 7 aromatic rings. The van der Waals surface area contributed by atoms with Crippen LogP contribution < -0.4 is 25.6 Å². The summed E-state index contributed by atoms with van der Waals surface area (Å²) in [6.07, 6.45) is 0. The van der Waals surface area contributed by atoms with Crippen molar-refractivity contribution in [2.45, 2.75) is 14.7 Å². The number of ether oxygens (including phenoxy) is 1. The first-order chi connectivity index (χ1) is 28.3. The summed E-state index contributed by atoms with van der Waals surface area (Å²) in [5.74, 6) is -1.39. The Morgan fingerprint density at radius 1 is 0.583 bits per heavy atom. The van der Waals surface area contributed by atoms with Gasteiger partial charge < -0.3 is 30.1 Å². The molecule has 0 spiro atoms. The number of carbonyl (C=O) groups is 1. The monoisotopic (exact) mass is 869 g/mol. The number of carbonyl (C=O) groups excluding carboxylic acids is 1. The molecule has 7 aromatic carbocycles. The van der Waals surface area contributed by atoms with Crippen LogP contribution in [0.3, 0.4) is 0 Å².